The van der Waals surface area contributed by atoms with Crippen LogP contribution in [0, 0.1) is 13.8 Å². The van der Waals surface area contributed by atoms with Crippen molar-refractivity contribution >= 4 is 23.0 Å². The molecule has 0 fully saturated rings. The molecule has 0 atom stereocenters. The zero-order valence-electron chi connectivity index (χ0n) is 13.3. The summed E-state index contributed by atoms with van der Waals surface area (Å²) in [6, 6.07) is 0. The van der Waals surface area contributed by atoms with Crippen LogP contribution in [-0.4, -0.2) is 21.5 Å². The maximum absolute atomic E-state index is 6.00. The van der Waals surface area contributed by atoms with Gasteiger partial charge in [0.15, 0.2) is 0 Å². The summed E-state index contributed by atoms with van der Waals surface area (Å²) in [5.74, 6) is 2.13. The molecule has 0 spiro atoms. The molecule has 21 heavy (non-hydrogen) atoms. The number of nitrogen functional groups attached to an aromatic ring is 1. The second-order valence-electron chi connectivity index (χ2n) is 6.22. The van der Waals surface area contributed by atoms with Crippen LogP contribution in [0.2, 0.25) is 0 Å². The van der Waals surface area contributed by atoms with Gasteiger partial charge in [0.2, 0.25) is 0 Å². The lowest BCUT2D eigenvalue weighted by Crippen LogP contribution is -2.20. The molecule has 0 radical (unpaired) electrons. The number of nitrogens with zero attached hydrogens (tertiary/aromatic N) is 3. The van der Waals surface area contributed by atoms with Gasteiger partial charge in [-0.3, -0.25) is 0 Å². The molecule has 5 nitrogen and oxygen atoms in total. The van der Waals surface area contributed by atoms with E-state index in [4.69, 9.17) is 5.73 Å². The molecule has 2 aromatic rings. The van der Waals surface area contributed by atoms with Crippen LogP contribution < -0.4 is 11.1 Å². The SMILES string of the molecule is Cc1csc(CCNc2nc(C(C)(C)C)nc(N)c2C)n1. The van der Waals surface area contributed by atoms with Crippen molar-refractivity contribution in [2.75, 3.05) is 17.6 Å². The van der Waals surface area contributed by atoms with Crippen LogP contribution in [0.1, 0.15) is 42.9 Å². The van der Waals surface area contributed by atoms with Crippen LogP contribution in [0.4, 0.5) is 11.6 Å². The van der Waals surface area contributed by atoms with E-state index in [0.717, 1.165) is 40.9 Å². The smallest absolute Gasteiger partial charge is 0.138 e. The average molecular weight is 305 g/mol. The molecule has 6 heteroatoms. The summed E-state index contributed by atoms with van der Waals surface area (Å²) in [6.45, 7) is 11.0. The van der Waals surface area contributed by atoms with Crippen LogP contribution in [0.5, 0.6) is 0 Å². The third kappa shape index (κ3) is 3.91. The molecule has 0 saturated heterocycles. The summed E-state index contributed by atoms with van der Waals surface area (Å²) < 4.78 is 0. The summed E-state index contributed by atoms with van der Waals surface area (Å²) in [5.41, 5.74) is 7.86. The van der Waals surface area contributed by atoms with Gasteiger partial charge < -0.3 is 11.1 Å². The number of aryl methyl sites for hydroxylation is 1. The molecule has 0 aliphatic carbocycles. The van der Waals surface area contributed by atoms with Crippen LogP contribution in [0.15, 0.2) is 5.38 Å². The molecule has 0 aliphatic heterocycles. The van der Waals surface area contributed by atoms with Gasteiger partial charge in [-0.15, -0.1) is 11.3 Å². The Hall–Kier alpha value is -1.69. The summed E-state index contributed by atoms with van der Waals surface area (Å²) >= 11 is 1.69. The van der Waals surface area contributed by atoms with E-state index in [0.29, 0.717) is 5.82 Å². The molecular formula is C15H23N5S. The van der Waals surface area contributed by atoms with Gasteiger partial charge in [-0.05, 0) is 13.8 Å². The van der Waals surface area contributed by atoms with Gasteiger partial charge >= 0.3 is 0 Å². The first-order chi connectivity index (χ1) is 9.77. The van der Waals surface area contributed by atoms with E-state index in [9.17, 15) is 0 Å². The first-order valence-electron chi connectivity index (χ1n) is 7.07. The minimum atomic E-state index is -0.120. The molecule has 0 aliphatic rings. The van der Waals surface area contributed by atoms with Gasteiger partial charge in [-0.25, -0.2) is 15.0 Å². The maximum atomic E-state index is 6.00. The van der Waals surface area contributed by atoms with Crippen molar-refractivity contribution < 1.29 is 0 Å². The number of hydrogen-bond donors (Lipinski definition) is 2. The number of nitrogens with one attached hydrogen (secondary N) is 1. The summed E-state index contributed by atoms with van der Waals surface area (Å²) in [4.78, 5) is 13.5. The molecule has 0 saturated carbocycles. The largest absolute Gasteiger partial charge is 0.383 e. The van der Waals surface area contributed by atoms with Gasteiger partial charge in [0.25, 0.3) is 0 Å². The maximum Gasteiger partial charge on any atom is 0.138 e. The molecule has 2 aromatic heterocycles. The second kappa shape index (κ2) is 5.97. The zero-order valence-corrected chi connectivity index (χ0v) is 14.1. The fraction of sp³-hybridized carbons (Fsp3) is 0.533. The van der Waals surface area contributed by atoms with Crippen molar-refractivity contribution in [1.82, 2.24) is 15.0 Å². The quantitative estimate of drug-likeness (QED) is 0.907. The van der Waals surface area contributed by atoms with Crippen molar-refractivity contribution in [3.63, 3.8) is 0 Å². The topological polar surface area (TPSA) is 76.7 Å². The molecule has 3 N–H and O–H groups in total. The van der Waals surface area contributed by atoms with Gasteiger partial charge in [0.1, 0.15) is 17.5 Å². The lowest BCUT2D eigenvalue weighted by molar-refractivity contribution is 0.546. The van der Waals surface area contributed by atoms with Gasteiger partial charge in [0, 0.05) is 35.0 Å². The monoisotopic (exact) mass is 305 g/mol. The van der Waals surface area contributed by atoms with Crippen molar-refractivity contribution in [3.05, 3.63) is 27.5 Å². The Balaban J connectivity index is 2.10. The Kier molecular flexibility index (Phi) is 4.46. The standard InChI is InChI=1S/C15H23N5S/c1-9-8-21-11(18-9)6-7-17-13-10(2)12(16)19-14(20-13)15(3,4)5/h8H,6-7H2,1-5H3,(H3,16,17,19,20). The van der Waals surface area contributed by atoms with Crippen molar-refractivity contribution in [2.24, 2.45) is 0 Å². The molecule has 2 heterocycles. The van der Waals surface area contributed by atoms with E-state index in [1.165, 1.54) is 0 Å². The zero-order chi connectivity index (χ0) is 15.6. The minimum Gasteiger partial charge on any atom is -0.383 e. The predicted octanol–water partition coefficient (Wildman–Crippen LogP) is 3.08. The first kappa shape index (κ1) is 15.7. The van der Waals surface area contributed by atoms with Crippen LogP contribution in [-0.2, 0) is 11.8 Å². The summed E-state index contributed by atoms with van der Waals surface area (Å²) in [7, 11) is 0. The fourth-order valence-corrected chi connectivity index (χ4v) is 2.62. The van der Waals surface area contributed by atoms with Gasteiger partial charge in [0.05, 0.1) is 5.01 Å². The molecule has 114 valence electrons. The van der Waals surface area contributed by atoms with E-state index in [2.05, 4.69) is 46.4 Å². The van der Waals surface area contributed by atoms with Gasteiger partial charge in [-0.2, -0.15) is 0 Å². The van der Waals surface area contributed by atoms with Gasteiger partial charge in [-0.1, -0.05) is 20.8 Å². The number of anilines is 2. The first-order valence-corrected chi connectivity index (χ1v) is 7.95. The average Bonchev–Trinajstić information content (AvgIpc) is 2.79. The molecule has 0 bridgehead atoms. The van der Waals surface area contributed by atoms with Crippen LogP contribution in [0.3, 0.4) is 0 Å². The van der Waals surface area contributed by atoms with E-state index in [1.807, 2.05) is 13.8 Å². The fourth-order valence-electron chi connectivity index (χ4n) is 1.85. The normalized spacial score (nSPS) is 11.7. The highest BCUT2D eigenvalue weighted by atomic mass is 32.1. The molecule has 0 aromatic carbocycles. The van der Waals surface area contributed by atoms with Crippen molar-refractivity contribution in [1.29, 1.82) is 0 Å². The number of thiazole rings is 1. The van der Waals surface area contributed by atoms with E-state index < -0.39 is 0 Å². The van der Waals surface area contributed by atoms with E-state index in [-0.39, 0.29) is 5.41 Å². The second-order valence-corrected chi connectivity index (χ2v) is 7.16. The predicted molar refractivity (Wildman–Crippen MR) is 88.9 cm³/mol. The Morgan fingerprint density at radius 3 is 2.48 bits per heavy atom. The third-order valence-corrected chi connectivity index (χ3v) is 4.18. The highest BCUT2D eigenvalue weighted by molar-refractivity contribution is 7.09. The highest BCUT2D eigenvalue weighted by Crippen LogP contribution is 2.24. The van der Waals surface area contributed by atoms with Crippen LogP contribution in [0.25, 0.3) is 0 Å². The number of hydrogen-bond acceptors (Lipinski definition) is 6. The lowest BCUT2D eigenvalue weighted by Gasteiger charge is -2.19. The number of aromatic nitrogens is 3. The number of rotatable bonds is 4. The summed E-state index contributed by atoms with van der Waals surface area (Å²) in [5, 5.41) is 6.56. The third-order valence-electron chi connectivity index (χ3n) is 3.15. The molecule has 0 unspecified atom stereocenters. The molecule has 0 amide bonds. The van der Waals surface area contributed by atoms with E-state index in [1.54, 1.807) is 11.3 Å². The van der Waals surface area contributed by atoms with Crippen molar-refractivity contribution in [2.45, 2.75) is 46.5 Å². The minimum absolute atomic E-state index is 0.120. The van der Waals surface area contributed by atoms with Crippen molar-refractivity contribution in [3.8, 4) is 0 Å². The molecular weight excluding hydrogens is 282 g/mol. The Bertz CT molecular complexity index is 627. The van der Waals surface area contributed by atoms with E-state index >= 15 is 0 Å². The Morgan fingerprint density at radius 1 is 1.19 bits per heavy atom. The molecule has 2 rings (SSSR count). The number of nitrogens with two attached hydrogens (primary N) is 1. The Morgan fingerprint density at radius 2 is 1.90 bits per heavy atom. The lowest BCUT2D eigenvalue weighted by atomic mass is 9.95. The Labute approximate surface area is 130 Å². The summed E-state index contributed by atoms with van der Waals surface area (Å²) in [6.07, 6.45) is 0.882. The van der Waals surface area contributed by atoms with Crippen LogP contribution >= 0.6 is 11.3 Å². The highest BCUT2D eigenvalue weighted by Gasteiger charge is 2.20.